The summed E-state index contributed by atoms with van der Waals surface area (Å²) in [4.78, 5) is 14.0. The number of aliphatic hydroxyl groups is 1. The van der Waals surface area contributed by atoms with Gasteiger partial charge in [-0.25, -0.2) is 0 Å². The average molecular weight is 321 g/mol. The standard InChI is InChI=1S/C7H7NO2.C7H8.C4H10O.H2O/c9-7(10)5-6-3-1-2-4-8-6;1-7-5-3-2-4-6-7;1-2-3-4-5;/h1-4H,5H2,(H,9,10);2-6H,1H3;5H,2-4H2,1H3;1H2. The number of pyridine rings is 1. The van der Waals surface area contributed by atoms with Crippen LogP contribution in [0.3, 0.4) is 0 Å². The summed E-state index contributed by atoms with van der Waals surface area (Å²) < 4.78 is 0. The van der Waals surface area contributed by atoms with Crippen LogP contribution in [0.2, 0.25) is 0 Å². The Hall–Kier alpha value is -2.24. The van der Waals surface area contributed by atoms with Gasteiger partial charge in [0, 0.05) is 12.8 Å². The van der Waals surface area contributed by atoms with Crippen LogP contribution in [-0.2, 0) is 11.2 Å². The molecule has 0 aliphatic rings. The Kier molecular flexibility index (Phi) is 16.2. The number of aliphatic hydroxyl groups excluding tert-OH is 1. The second-order valence-corrected chi connectivity index (χ2v) is 4.62. The van der Waals surface area contributed by atoms with E-state index in [1.165, 1.54) is 5.56 Å². The van der Waals surface area contributed by atoms with Crippen LogP contribution in [0.4, 0.5) is 0 Å². The van der Waals surface area contributed by atoms with E-state index in [2.05, 4.69) is 31.0 Å². The van der Waals surface area contributed by atoms with Crippen molar-refractivity contribution in [1.29, 1.82) is 0 Å². The SMILES string of the molecule is CCCCO.Cc1ccccc1.O.O=C(O)Cc1ccccn1. The van der Waals surface area contributed by atoms with Crippen molar-refractivity contribution >= 4 is 5.97 Å². The quantitative estimate of drug-likeness (QED) is 0.903. The molecule has 0 atom stereocenters. The highest BCUT2D eigenvalue weighted by atomic mass is 16.4. The first-order valence-corrected chi connectivity index (χ1v) is 7.34. The van der Waals surface area contributed by atoms with Crippen LogP contribution < -0.4 is 0 Å². The van der Waals surface area contributed by atoms with E-state index in [0.29, 0.717) is 12.3 Å². The van der Waals surface area contributed by atoms with E-state index < -0.39 is 5.97 Å². The van der Waals surface area contributed by atoms with E-state index in [1.807, 2.05) is 18.2 Å². The molecule has 0 saturated carbocycles. The highest BCUT2D eigenvalue weighted by molar-refractivity contribution is 5.69. The minimum absolute atomic E-state index is 0. The zero-order chi connectivity index (χ0) is 16.6. The molecule has 1 aromatic heterocycles. The molecule has 0 unspecified atom stereocenters. The first-order valence-electron chi connectivity index (χ1n) is 7.34. The number of carboxylic acids is 1. The number of hydrogen-bond acceptors (Lipinski definition) is 3. The molecule has 128 valence electrons. The topological polar surface area (TPSA) is 102 Å². The van der Waals surface area contributed by atoms with E-state index in [9.17, 15) is 4.79 Å². The van der Waals surface area contributed by atoms with Crippen LogP contribution >= 0.6 is 0 Å². The second-order valence-electron chi connectivity index (χ2n) is 4.62. The summed E-state index contributed by atoms with van der Waals surface area (Å²) in [5.41, 5.74) is 1.91. The van der Waals surface area contributed by atoms with Crippen LogP contribution in [0.1, 0.15) is 31.0 Å². The summed E-state index contributed by atoms with van der Waals surface area (Å²) >= 11 is 0. The van der Waals surface area contributed by atoms with Gasteiger partial charge >= 0.3 is 5.97 Å². The normalized spacial score (nSPS) is 8.48. The van der Waals surface area contributed by atoms with Crippen molar-refractivity contribution in [3.8, 4) is 0 Å². The number of aliphatic carboxylic acids is 1. The fourth-order valence-corrected chi connectivity index (χ4v) is 1.35. The van der Waals surface area contributed by atoms with Gasteiger partial charge in [0.1, 0.15) is 0 Å². The molecule has 0 amide bonds. The summed E-state index contributed by atoms with van der Waals surface area (Å²) in [6.07, 6.45) is 3.62. The van der Waals surface area contributed by atoms with Crippen LogP contribution in [0.15, 0.2) is 54.7 Å². The zero-order valence-corrected chi connectivity index (χ0v) is 13.8. The summed E-state index contributed by atoms with van der Waals surface area (Å²) in [6, 6.07) is 15.5. The minimum Gasteiger partial charge on any atom is -0.481 e. The Bertz CT molecular complexity index is 487. The summed E-state index contributed by atoms with van der Waals surface area (Å²) in [5, 5.41) is 16.4. The Morgan fingerprint density at radius 1 is 1.09 bits per heavy atom. The monoisotopic (exact) mass is 321 g/mol. The lowest BCUT2D eigenvalue weighted by molar-refractivity contribution is -0.136. The van der Waals surface area contributed by atoms with Gasteiger partial charge in [0.25, 0.3) is 0 Å². The van der Waals surface area contributed by atoms with Gasteiger partial charge in [0.05, 0.1) is 12.1 Å². The number of hydrogen-bond donors (Lipinski definition) is 2. The number of unbranched alkanes of at least 4 members (excludes halogenated alkanes) is 1. The van der Waals surface area contributed by atoms with Crippen molar-refractivity contribution in [1.82, 2.24) is 4.98 Å². The molecular formula is C18H27NO4. The van der Waals surface area contributed by atoms with Gasteiger partial charge in [-0.2, -0.15) is 0 Å². The van der Waals surface area contributed by atoms with E-state index in [0.717, 1.165) is 12.8 Å². The molecule has 0 fully saturated rings. The Labute approximate surface area is 138 Å². The maximum Gasteiger partial charge on any atom is 0.309 e. The molecule has 1 heterocycles. The lowest BCUT2D eigenvalue weighted by atomic mass is 10.2. The molecule has 2 rings (SSSR count). The van der Waals surface area contributed by atoms with Crippen LogP contribution in [-0.4, -0.2) is 33.2 Å². The molecule has 2 aromatic rings. The number of nitrogens with zero attached hydrogens (tertiary/aromatic N) is 1. The predicted octanol–water partition coefficient (Wildman–Crippen LogP) is 2.66. The summed E-state index contributed by atoms with van der Waals surface area (Å²) in [7, 11) is 0. The zero-order valence-electron chi connectivity index (χ0n) is 13.8. The average Bonchev–Trinajstić information content (AvgIpc) is 2.50. The number of carboxylic acid groups (broad SMARTS) is 1. The third kappa shape index (κ3) is 16.0. The van der Waals surface area contributed by atoms with Crippen molar-refractivity contribution in [2.45, 2.75) is 33.1 Å². The van der Waals surface area contributed by atoms with Gasteiger partial charge in [0.2, 0.25) is 0 Å². The molecule has 0 saturated heterocycles. The Morgan fingerprint density at radius 2 is 1.70 bits per heavy atom. The van der Waals surface area contributed by atoms with Crippen molar-refractivity contribution in [3.63, 3.8) is 0 Å². The number of aryl methyl sites for hydroxylation is 1. The minimum atomic E-state index is -0.848. The first-order chi connectivity index (χ1) is 10.6. The maximum absolute atomic E-state index is 10.1. The molecule has 0 spiro atoms. The van der Waals surface area contributed by atoms with Crippen LogP contribution in [0.25, 0.3) is 0 Å². The van der Waals surface area contributed by atoms with E-state index in [1.54, 1.807) is 24.4 Å². The summed E-state index contributed by atoms with van der Waals surface area (Å²) in [5.74, 6) is -0.848. The van der Waals surface area contributed by atoms with E-state index >= 15 is 0 Å². The smallest absolute Gasteiger partial charge is 0.309 e. The molecule has 1 aromatic carbocycles. The van der Waals surface area contributed by atoms with Gasteiger partial charge in [-0.3, -0.25) is 9.78 Å². The van der Waals surface area contributed by atoms with Crippen molar-refractivity contribution in [2.75, 3.05) is 6.61 Å². The molecule has 5 heteroatoms. The largest absolute Gasteiger partial charge is 0.481 e. The number of carbonyl (C=O) groups is 1. The Balaban J connectivity index is 0. The number of aromatic nitrogens is 1. The fourth-order valence-electron chi connectivity index (χ4n) is 1.35. The summed E-state index contributed by atoms with van der Waals surface area (Å²) in [6.45, 7) is 4.48. The molecule has 0 radical (unpaired) electrons. The molecule has 23 heavy (non-hydrogen) atoms. The highest BCUT2D eigenvalue weighted by Crippen LogP contribution is 1.93. The van der Waals surface area contributed by atoms with Gasteiger partial charge < -0.3 is 15.7 Å². The molecular weight excluding hydrogens is 294 g/mol. The van der Waals surface area contributed by atoms with Gasteiger partial charge in [-0.1, -0.05) is 55.3 Å². The van der Waals surface area contributed by atoms with Crippen molar-refractivity contribution < 1.29 is 20.5 Å². The van der Waals surface area contributed by atoms with E-state index in [4.69, 9.17) is 10.2 Å². The molecule has 4 N–H and O–H groups in total. The number of benzene rings is 1. The highest BCUT2D eigenvalue weighted by Gasteiger charge is 1.98. The maximum atomic E-state index is 10.1. The lowest BCUT2D eigenvalue weighted by Crippen LogP contribution is -2.01. The van der Waals surface area contributed by atoms with Crippen molar-refractivity contribution in [2.24, 2.45) is 0 Å². The first kappa shape index (κ1) is 23.0. The van der Waals surface area contributed by atoms with Gasteiger partial charge in [-0.05, 0) is 25.5 Å². The molecule has 5 nitrogen and oxygen atoms in total. The third-order valence-electron chi connectivity index (χ3n) is 2.51. The predicted molar refractivity (Wildman–Crippen MR) is 92.4 cm³/mol. The fraction of sp³-hybridized carbons (Fsp3) is 0.333. The second kappa shape index (κ2) is 16.1. The molecule has 0 aliphatic heterocycles. The van der Waals surface area contributed by atoms with E-state index in [-0.39, 0.29) is 11.9 Å². The molecule has 0 bridgehead atoms. The third-order valence-corrected chi connectivity index (χ3v) is 2.51. The van der Waals surface area contributed by atoms with Crippen LogP contribution in [0, 0.1) is 6.92 Å². The Morgan fingerprint density at radius 3 is 2.00 bits per heavy atom. The van der Waals surface area contributed by atoms with Gasteiger partial charge in [0.15, 0.2) is 0 Å². The number of rotatable bonds is 4. The van der Waals surface area contributed by atoms with Crippen molar-refractivity contribution in [3.05, 3.63) is 66.0 Å². The van der Waals surface area contributed by atoms with Gasteiger partial charge in [-0.15, -0.1) is 0 Å². The lowest BCUT2D eigenvalue weighted by Gasteiger charge is -1.91. The van der Waals surface area contributed by atoms with Crippen LogP contribution in [0.5, 0.6) is 0 Å². The molecule has 0 aliphatic carbocycles.